The van der Waals surface area contributed by atoms with Gasteiger partial charge >= 0.3 is 0 Å². The van der Waals surface area contributed by atoms with Crippen LogP contribution in [-0.2, 0) is 0 Å². The highest BCUT2D eigenvalue weighted by Crippen LogP contribution is 2.33. The van der Waals surface area contributed by atoms with Crippen LogP contribution in [0.2, 0.25) is 0 Å². The first-order valence-corrected chi connectivity index (χ1v) is 7.96. The first-order chi connectivity index (χ1) is 11.4. The minimum Gasteiger partial charge on any atom is -0.368 e. The lowest BCUT2D eigenvalue weighted by atomic mass is 9.91. The van der Waals surface area contributed by atoms with Crippen molar-refractivity contribution in [3.8, 4) is 22.3 Å². The highest BCUT2D eigenvalue weighted by Gasteiger charge is 2.18. The topological polar surface area (TPSA) is 24.4 Å². The molecule has 2 heteroatoms. The van der Waals surface area contributed by atoms with Crippen LogP contribution in [0.5, 0.6) is 0 Å². The van der Waals surface area contributed by atoms with Gasteiger partial charge < -0.3 is 5.32 Å². The van der Waals surface area contributed by atoms with Gasteiger partial charge in [-0.1, -0.05) is 78.9 Å². The quantitative estimate of drug-likeness (QED) is 0.763. The number of hydrogen-bond donors (Lipinski definition) is 1. The Balaban J connectivity index is 1.97. The number of hydrogen-bond acceptors (Lipinski definition) is 2. The van der Waals surface area contributed by atoms with E-state index in [-0.39, 0.29) is 0 Å². The van der Waals surface area contributed by atoms with Crippen LogP contribution in [0.15, 0.2) is 83.9 Å². The Kier molecular flexibility index (Phi) is 3.65. The zero-order chi connectivity index (χ0) is 15.5. The van der Waals surface area contributed by atoms with E-state index >= 15 is 0 Å². The first kappa shape index (κ1) is 13.8. The van der Waals surface area contributed by atoms with E-state index in [0.29, 0.717) is 0 Å². The Hall–Kier alpha value is -2.87. The zero-order valence-corrected chi connectivity index (χ0v) is 12.9. The predicted octanol–water partition coefficient (Wildman–Crippen LogP) is 4.37. The van der Waals surface area contributed by atoms with Crippen molar-refractivity contribution < 1.29 is 0 Å². The summed E-state index contributed by atoms with van der Waals surface area (Å²) in [6.45, 7) is 1.75. The molecule has 1 N–H and O–H groups in total. The van der Waals surface area contributed by atoms with Crippen LogP contribution in [0.4, 0.5) is 0 Å². The largest absolute Gasteiger partial charge is 0.368 e. The monoisotopic (exact) mass is 298 g/mol. The van der Waals surface area contributed by atoms with Gasteiger partial charge in [-0.15, -0.1) is 0 Å². The van der Waals surface area contributed by atoms with Crippen LogP contribution >= 0.6 is 0 Å². The fourth-order valence-corrected chi connectivity index (χ4v) is 3.09. The molecule has 1 heterocycles. The molecule has 1 aliphatic rings. The Morgan fingerprint density at radius 3 is 1.70 bits per heavy atom. The number of nitrogens with zero attached hydrogens (tertiary/aromatic N) is 1. The molecule has 0 spiro atoms. The molecule has 0 aromatic heterocycles. The summed E-state index contributed by atoms with van der Waals surface area (Å²) >= 11 is 0. The van der Waals surface area contributed by atoms with Crippen LogP contribution < -0.4 is 5.32 Å². The van der Waals surface area contributed by atoms with Gasteiger partial charge in [-0.25, -0.2) is 0 Å². The Morgan fingerprint density at radius 2 is 1.22 bits per heavy atom. The van der Waals surface area contributed by atoms with Crippen LogP contribution in [0.1, 0.15) is 5.56 Å². The molecule has 4 rings (SSSR count). The van der Waals surface area contributed by atoms with E-state index in [2.05, 4.69) is 89.2 Å². The van der Waals surface area contributed by atoms with Crippen molar-refractivity contribution in [2.75, 3.05) is 13.1 Å². The molecule has 1 aliphatic heterocycles. The molecule has 0 atom stereocenters. The third-order valence-corrected chi connectivity index (χ3v) is 4.15. The molecule has 0 saturated heterocycles. The second kappa shape index (κ2) is 6.09. The van der Waals surface area contributed by atoms with Gasteiger partial charge in [-0.3, -0.25) is 4.99 Å². The van der Waals surface area contributed by atoms with E-state index in [1.165, 1.54) is 27.8 Å². The summed E-state index contributed by atoms with van der Waals surface area (Å²) in [6.07, 6.45) is 0. The summed E-state index contributed by atoms with van der Waals surface area (Å²) in [4.78, 5) is 4.68. The van der Waals surface area contributed by atoms with Gasteiger partial charge in [0.1, 0.15) is 5.84 Å². The number of benzene rings is 3. The maximum Gasteiger partial charge on any atom is 0.129 e. The average molecular weight is 298 g/mol. The molecule has 3 aromatic carbocycles. The lowest BCUT2D eigenvalue weighted by Gasteiger charge is -2.16. The predicted molar refractivity (Wildman–Crippen MR) is 96.7 cm³/mol. The van der Waals surface area contributed by atoms with Gasteiger partial charge in [0.15, 0.2) is 0 Å². The summed E-state index contributed by atoms with van der Waals surface area (Å²) in [5.74, 6) is 1.00. The van der Waals surface area contributed by atoms with Crippen molar-refractivity contribution in [3.63, 3.8) is 0 Å². The van der Waals surface area contributed by atoms with Crippen LogP contribution in [-0.4, -0.2) is 18.9 Å². The lowest BCUT2D eigenvalue weighted by Crippen LogP contribution is -2.21. The standard InChI is InChI=1S/C21H18N2/c1-3-8-16(9-4-1)18-12-7-13-19(17-10-5-2-6-11-17)20(18)21-22-14-15-23-21/h1-13H,14-15H2,(H,22,23). The molecule has 0 amide bonds. The SMILES string of the molecule is c1ccc(-c2cccc(-c3ccccc3)c2C2=NCCN2)cc1. The maximum absolute atomic E-state index is 4.68. The van der Waals surface area contributed by atoms with Crippen molar-refractivity contribution in [3.05, 3.63) is 84.4 Å². The van der Waals surface area contributed by atoms with Crippen molar-refractivity contribution >= 4 is 5.84 Å². The third-order valence-electron chi connectivity index (χ3n) is 4.15. The molecule has 0 aliphatic carbocycles. The van der Waals surface area contributed by atoms with Crippen molar-refractivity contribution in [2.24, 2.45) is 4.99 Å². The van der Waals surface area contributed by atoms with E-state index in [0.717, 1.165) is 18.9 Å². The molecule has 0 unspecified atom stereocenters. The van der Waals surface area contributed by atoms with E-state index < -0.39 is 0 Å². The lowest BCUT2D eigenvalue weighted by molar-refractivity contribution is 0.960. The Morgan fingerprint density at radius 1 is 0.652 bits per heavy atom. The van der Waals surface area contributed by atoms with Gasteiger partial charge in [0.2, 0.25) is 0 Å². The summed E-state index contributed by atoms with van der Waals surface area (Å²) in [6, 6.07) is 27.5. The fourth-order valence-electron chi connectivity index (χ4n) is 3.09. The third kappa shape index (κ3) is 2.64. The fraction of sp³-hybridized carbons (Fsp3) is 0.0952. The average Bonchev–Trinajstić information content (AvgIpc) is 3.17. The number of nitrogens with one attached hydrogen (secondary N) is 1. The van der Waals surface area contributed by atoms with Crippen molar-refractivity contribution in [1.29, 1.82) is 0 Å². The summed E-state index contributed by atoms with van der Waals surface area (Å²) in [5.41, 5.74) is 6.08. The van der Waals surface area contributed by atoms with E-state index in [1.807, 2.05) is 0 Å². The highest BCUT2D eigenvalue weighted by atomic mass is 15.1. The molecule has 0 fully saturated rings. The minimum absolute atomic E-state index is 0.840. The molecular formula is C21H18N2. The van der Waals surface area contributed by atoms with Gasteiger partial charge in [0.05, 0.1) is 6.54 Å². The van der Waals surface area contributed by atoms with E-state index in [1.54, 1.807) is 0 Å². The van der Waals surface area contributed by atoms with Crippen molar-refractivity contribution in [1.82, 2.24) is 5.32 Å². The Bertz CT molecular complexity index is 778. The second-order valence-corrected chi connectivity index (χ2v) is 5.62. The normalized spacial score (nSPS) is 13.5. The Labute approximate surface area is 136 Å². The number of aliphatic imine (C=N–C) groups is 1. The molecule has 112 valence electrons. The van der Waals surface area contributed by atoms with Gasteiger partial charge in [-0.2, -0.15) is 0 Å². The van der Waals surface area contributed by atoms with Gasteiger partial charge in [-0.05, 0) is 22.3 Å². The summed E-state index contributed by atoms with van der Waals surface area (Å²) < 4.78 is 0. The van der Waals surface area contributed by atoms with Crippen LogP contribution in [0, 0.1) is 0 Å². The minimum atomic E-state index is 0.840. The molecular weight excluding hydrogens is 280 g/mol. The molecule has 0 radical (unpaired) electrons. The maximum atomic E-state index is 4.68. The van der Waals surface area contributed by atoms with Crippen LogP contribution in [0.3, 0.4) is 0 Å². The molecule has 0 bridgehead atoms. The van der Waals surface area contributed by atoms with E-state index in [4.69, 9.17) is 0 Å². The van der Waals surface area contributed by atoms with Crippen molar-refractivity contribution in [2.45, 2.75) is 0 Å². The van der Waals surface area contributed by atoms with E-state index in [9.17, 15) is 0 Å². The summed E-state index contributed by atoms with van der Waals surface area (Å²) in [7, 11) is 0. The number of amidine groups is 1. The first-order valence-electron chi connectivity index (χ1n) is 7.96. The highest BCUT2D eigenvalue weighted by molar-refractivity contribution is 6.10. The molecule has 3 aromatic rings. The summed E-state index contributed by atoms with van der Waals surface area (Å²) in [5, 5.41) is 3.44. The van der Waals surface area contributed by atoms with Crippen LogP contribution in [0.25, 0.3) is 22.3 Å². The smallest absolute Gasteiger partial charge is 0.129 e. The second-order valence-electron chi connectivity index (χ2n) is 5.62. The van der Waals surface area contributed by atoms with Gasteiger partial charge in [0.25, 0.3) is 0 Å². The number of rotatable bonds is 3. The molecule has 23 heavy (non-hydrogen) atoms. The molecule has 2 nitrogen and oxygen atoms in total. The molecule has 0 saturated carbocycles. The zero-order valence-electron chi connectivity index (χ0n) is 12.9. The van der Waals surface area contributed by atoms with Gasteiger partial charge in [0, 0.05) is 12.1 Å².